The number of hydrogen-bond acceptors (Lipinski definition) is 5. The van der Waals surface area contributed by atoms with Crippen molar-refractivity contribution >= 4 is 23.7 Å². The maximum absolute atomic E-state index is 15.1. The molecule has 2 saturated heterocycles. The van der Waals surface area contributed by atoms with Crippen molar-refractivity contribution in [2.45, 2.75) is 57.6 Å². The zero-order valence-corrected chi connectivity index (χ0v) is 22.1. The summed E-state index contributed by atoms with van der Waals surface area (Å²) in [6.45, 7) is 4.85. The molecule has 2 aromatic rings. The molecule has 0 bridgehead atoms. The van der Waals surface area contributed by atoms with Gasteiger partial charge in [-0.2, -0.15) is 0 Å². The summed E-state index contributed by atoms with van der Waals surface area (Å²) in [5.74, 6) is -3.80. The molecule has 4 rings (SSSR count). The smallest absolute Gasteiger partial charge is 0.410 e. The number of imide groups is 1. The Kier molecular flexibility index (Phi) is 7.62. The Bertz CT molecular complexity index is 1180. The number of alkyl halides is 2. The number of piperidine rings is 1. The predicted octanol–water partition coefficient (Wildman–Crippen LogP) is 5.41. The van der Waals surface area contributed by atoms with Crippen LogP contribution in [-0.2, 0) is 16.1 Å². The van der Waals surface area contributed by atoms with E-state index in [2.05, 4.69) is 0 Å². The van der Waals surface area contributed by atoms with E-state index in [9.17, 15) is 14.4 Å². The Hall–Kier alpha value is -3.69. The van der Waals surface area contributed by atoms with Crippen molar-refractivity contribution in [2.24, 2.45) is 0 Å². The summed E-state index contributed by atoms with van der Waals surface area (Å²) in [7, 11) is 1.56. The van der Waals surface area contributed by atoms with E-state index < -0.39 is 36.1 Å². The number of amides is 4. The Labute approximate surface area is 221 Å². The summed E-state index contributed by atoms with van der Waals surface area (Å²) in [6, 6.07) is 13.1. The average molecular weight is 530 g/mol. The predicted molar refractivity (Wildman–Crippen MR) is 137 cm³/mol. The van der Waals surface area contributed by atoms with E-state index in [1.165, 1.54) is 9.80 Å². The van der Waals surface area contributed by atoms with Crippen molar-refractivity contribution in [3.05, 3.63) is 59.7 Å². The van der Waals surface area contributed by atoms with Gasteiger partial charge in [-0.15, -0.1) is 0 Å². The largest absolute Gasteiger partial charge is 0.497 e. The molecule has 4 amide bonds. The summed E-state index contributed by atoms with van der Waals surface area (Å²) in [5.41, 5.74) is 0.975. The number of likely N-dealkylation sites (tertiary alicyclic amines) is 1. The van der Waals surface area contributed by atoms with Gasteiger partial charge in [-0.1, -0.05) is 24.3 Å². The first-order valence-corrected chi connectivity index (χ1v) is 12.6. The van der Waals surface area contributed by atoms with Crippen LogP contribution in [0.25, 0.3) is 0 Å². The summed E-state index contributed by atoms with van der Waals surface area (Å²) in [4.78, 5) is 41.7. The lowest BCUT2D eigenvalue weighted by Crippen LogP contribution is -2.52. The molecule has 2 aliphatic rings. The highest BCUT2D eigenvalue weighted by molar-refractivity contribution is 6.05. The van der Waals surface area contributed by atoms with Crippen molar-refractivity contribution in [3.8, 4) is 5.75 Å². The number of urea groups is 1. The normalized spacial score (nSPS) is 19.9. The van der Waals surface area contributed by atoms with Gasteiger partial charge in [0.15, 0.2) is 0 Å². The number of carbonyl (C=O) groups excluding carboxylic acids is 3. The fourth-order valence-corrected chi connectivity index (χ4v) is 4.72. The van der Waals surface area contributed by atoms with E-state index in [0.717, 1.165) is 10.5 Å². The van der Waals surface area contributed by atoms with E-state index in [1.54, 1.807) is 76.4 Å². The van der Waals surface area contributed by atoms with Crippen LogP contribution in [0.3, 0.4) is 0 Å². The Morgan fingerprint density at radius 3 is 2.26 bits per heavy atom. The fourth-order valence-electron chi connectivity index (χ4n) is 4.72. The molecule has 0 radical (unpaired) electrons. The zero-order valence-electron chi connectivity index (χ0n) is 22.1. The summed E-state index contributed by atoms with van der Waals surface area (Å²) in [5, 5.41) is 0. The fraction of sp³-hybridized carbons (Fsp3) is 0.464. The lowest BCUT2D eigenvalue weighted by Gasteiger charge is -2.39. The van der Waals surface area contributed by atoms with Crippen LogP contribution >= 0.6 is 0 Å². The molecule has 2 fully saturated rings. The van der Waals surface area contributed by atoms with Crippen LogP contribution in [-0.4, -0.2) is 66.1 Å². The van der Waals surface area contributed by atoms with E-state index in [0.29, 0.717) is 17.0 Å². The topological polar surface area (TPSA) is 79.4 Å². The Morgan fingerprint density at radius 1 is 1.03 bits per heavy atom. The molecule has 10 heteroatoms. The molecular formula is C28H33F2N3O5. The van der Waals surface area contributed by atoms with Gasteiger partial charge in [0.1, 0.15) is 11.4 Å². The Morgan fingerprint density at radius 2 is 1.68 bits per heavy atom. The molecule has 38 heavy (non-hydrogen) atoms. The van der Waals surface area contributed by atoms with Gasteiger partial charge in [0.05, 0.1) is 26.1 Å². The maximum atomic E-state index is 15.1. The number of methoxy groups -OCH3 is 1. The van der Waals surface area contributed by atoms with E-state index >= 15 is 8.78 Å². The second kappa shape index (κ2) is 10.6. The highest BCUT2D eigenvalue weighted by atomic mass is 19.3. The Balaban J connectivity index is 1.44. The average Bonchev–Trinajstić information content (AvgIpc) is 2.85. The molecule has 0 saturated carbocycles. The molecule has 204 valence electrons. The van der Waals surface area contributed by atoms with Crippen LogP contribution in [0.15, 0.2) is 48.5 Å². The van der Waals surface area contributed by atoms with Crippen molar-refractivity contribution in [3.63, 3.8) is 0 Å². The standard InChI is InChI=1S/C28H33F2N3O5/c1-27(2,3)38-26(36)31-15-13-23(28(29,30)18-31)20-7-9-21(10-8-20)32-16-14-24(34)33(25(32)35)17-19-5-11-22(37-4)12-6-19/h5-12,23H,13-18H2,1-4H3. The SMILES string of the molecule is COc1ccc(CN2C(=O)CCN(c3ccc(C4CCN(C(=O)OC(C)(C)C)CC4(F)F)cc3)C2=O)cc1. The third kappa shape index (κ3) is 6.06. The molecule has 2 aliphatic heterocycles. The molecule has 0 spiro atoms. The van der Waals surface area contributed by atoms with Gasteiger partial charge in [0.25, 0.3) is 5.92 Å². The summed E-state index contributed by atoms with van der Waals surface area (Å²) >= 11 is 0. The lowest BCUT2D eigenvalue weighted by molar-refractivity contribution is -0.129. The van der Waals surface area contributed by atoms with Crippen molar-refractivity contribution in [1.82, 2.24) is 9.80 Å². The molecule has 0 aliphatic carbocycles. The minimum Gasteiger partial charge on any atom is -0.497 e. The minimum atomic E-state index is -3.14. The third-order valence-electron chi connectivity index (χ3n) is 6.67. The van der Waals surface area contributed by atoms with Crippen LogP contribution in [0.2, 0.25) is 0 Å². The van der Waals surface area contributed by atoms with E-state index in [1.807, 2.05) is 0 Å². The highest BCUT2D eigenvalue weighted by Crippen LogP contribution is 2.41. The van der Waals surface area contributed by atoms with Crippen LogP contribution < -0.4 is 9.64 Å². The van der Waals surface area contributed by atoms with Gasteiger partial charge in [0.2, 0.25) is 5.91 Å². The second-order valence-electron chi connectivity index (χ2n) is 10.6. The van der Waals surface area contributed by atoms with Gasteiger partial charge in [0, 0.05) is 25.2 Å². The molecule has 8 nitrogen and oxygen atoms in total. The van der Waals surface area contributed by atoms with Gasteiger partial charge in [-0.05, 0) is 62.6 Å². The van der Waals surface area contributed by atoms with Crippen LogP contribution in [0.4, 0.5) is 24.1 Å². The first-order chi connectivity index (χ1) is 17.9. The maximum Gasteiger partial charge on any atom is 0.410 e. The highest BCUT2D eigenvalue weighted by Gasteiger charge is 2.47. The van der Waals surface area contributed by atoms with Gasteiger partial charge < -0.3 is 14.4 Å². The quantitative estimate of drug-likeness (QED) is 0.517. The van der Waals surface area contributed by atoms with E-state index in [4.69, 9.17) is 9.47 Å². The van der Waals surface area contributed by atoms with Crippen molar-refractivity contribution < 1.29 is 32.6 Å². The second-order valence-corrected chi connectivity index (χ2v) is 10.6. The number of halogens is 2. The summed E-state index contributed by atoms with van der Waals surface area (Å²) < 4.78 is 40.6. The number of nitrogens with zero attached hydrogens (tertiary/aromatic N) is 3. The molecule has 0 aromatic heterocycles. The molecule has 2 aromatic carbocycles. The van der Waals surface area contributed by atoms with Crippen molar-refractivity contribution in [2.75, 3.05) is 31.6 Å². The number of benzene rings is 2. The van der Waals surface area contributed by atoms with Crippen LogP contribution in [0, 0.1) is 0 Å². The number of rotatable bonds is 5. The van der Waals surface area contributed by atoms with Crippen LogP contribution in [0.5, 0.6) is 5.75 Å². The monoisotopic (exact) mass is 529 g/mol. The van der Waals surface area contributed by atoms with Crippen molar-refractivity contribution in [1.29, 1.82) is 0 Å². The van der Waals surface area contributed by atoms with Gasteiger partial charge >= 0.3 is 12.1 Å². The minimum absolute atomic E-state index is 0.0817. The first kappa shape index (κ1) is 27.3. The molecule has 2 heterocycles. The van der Waals surface area contributed by atoms with Gasteiger partial charge in [-0.3, -0.25) is 14.6 Å². The molecule has 1 unspecified atom stereocenters. The molecule has 1 atom stereocenters. The third-order valence-corrected chi connectivity index (χ3v) is 6.67. The number of anilines is 1. The molecular weight excluding hydrogens is 496 g/mol. The number of ether oxygens (including phenoxy) is 2. The van der Waals surface area contributed by atoms with Gasteiger partial charge in [-0.25, -0.2) is 18.4 Å². The first-order valence-electron chi connectivity index (χ1n) is 12.6. The zero-order chi connectivity index (χ0) is 27.7. The molecule has 0 N–H and O–H groups in total. The van der Waals surface area contributed by atoms with E-state index in [-0.39, 0.29) is 38.4 Å². The number of carbonyl (C=O) groups is 3. The van der Waals surface area contributed by atoms with Crippen LogP contribution in [0.1, 0.15) is 50.7 Å². The number of hydrogen-bond donors (Lipinski definition) is 0. The summed E-state index contributed by atoms with van der Waals surface area (Å²) in [6.07, 6.45) is -0.508. The lowest BCUT2D eigenvalue weighted by atomic mass is 9.86.